The topological polar surface area (TPSA) is 191 Å². The number of carbonyl (C=O) groups excluding carboxylic acids is 4. The van der Waals surface area contributed by atoms with E-state index >= 15 is 0 Å². The van der Waals surface area contributed by atoms with Crippen molar-refractivity contribution in [3.63, 3.8) is 0 Å². The van der Waals surface area contributed by atoms with Crippen LogP contribution < -0.4 is 10.9 Å². The number of hydrogen-bond acceptors (Lipinski definition) is 9. The maximum Gasteiger partial charge on any atom is 0.349 e. The molecule has 0 radical (unpaired) electrons. The Morgan fingerprint density at radius 3 is 1.68 bits per heavy atom. The number of aliphatic carboxylic acids is 1. The van der Waals surface area contributed by atoms with Crippen molar-refractivity contribution in [2.75, 3.05) is 0 Å². The zero-order valence-electron chi connectivity index (χ0n) is 19.9. The van der Waals surface area contributed by atoms with Crippen LogP contribution in [0.1, 0.15) is 31.1 Å². The van der Waals surface area contributed by atoms with Crippen LogP contribution in [0.3, 0.4) is 0 Å². The van der Waals surface area contributed by atoms with Crippen molar-refractivity contribution in [1.82, 2.24) is 10.9 Å². The van der Waals surface area contributed by atoms with Crippen LogP contribution in [-0.4, -0.2) is 52.0 Å². The lowest BCUT2D eigenvalue weighted by Gasteiger charge is -2.24. The number of nitro groups is 1. The van der Waals surface area contributed by atoms with Crippen molar-refractivity contribution in [2.45, 2.75) is 12.2 Å². The van der Waals surface area contributed by atoms with E-state index in [0.717, 1.165) is 24.3 Å². The Hall–Kier alpha value is -5.01. The van der Waals surface area contributed by atoms with Gasteiger partial charge in [0.1, 0.15) is 0 Å². The molecular weight excluding hydrogens is 573 g/mol. The summed E-state index contributed by atoms with van der Waals surface area (Å²) < 4.78 is 10.1. The highest BCUT2D eigenvalue weighted by atomic mass is 35.5. The first-order chi connectivity index (χ1) is 19.0. The monoisotopic (exact) mass is 589 g/mol. The molecule has 0 heterocycles. The third-order valence-corrected chi connectivity index (χ3v) is 5.73. The molecule has 0 saturated carbocycles. The van der Waals surface area contributed by atoms with Gasteiger partial charge in [0.25, 0.3) is 17.5 Å². The number of carbonyl (C=O) groups is 5. The van der Waals surface area contributed by atoms with Gasteiger partial charge >= 0.3 is 17.9 Å². The SMILES string of the molecule is O=C(NNC(=O)[C@H](OC(=O)c1ccccc1Cl)[C@@H](OC(=O)c1ccccc1Cl)C(=O)O)c1ccc([N+](=O)[O-])cc1. The molecule has 0 fully saturated rings. The highest BCUT2D eigenvalue weighted by Crippen LogP contribution is 2.21. The highest BCUT2D eigenvalue weighted by Gasteiger charge is 2.41. The molecule has 3 N–H and O–H groups in total. The molecule has 13 nitrogen and oxygen atoms in total. The van der Waals surface area contributed by atoms with Gasteiger partial charge in [-0.25, -0.2) is 14.4 Å². The Labute approximate surface area is 234 Å². The molecule has 0 aliphatic heterocycles. The summed E-state index contributed by atoms with van der Waals surface area (Å²) >= 11 is 12.0. The average molecular weight is 590 g/mol. The maximum atomic E-state index is 13.0. The van der Waals surface area contributed by atoms with Gasteiger partial charge in [0, 0.05) is 17.7 Å². The van der Waals surface area contributed by atoms with Crippen molar-refractivity contribution in [3.8, 4) is 0 Å². The second-order valence-electron chi connectivity index (χ2n) is 7.70. The molecule has 15 heteroatoms. The molecule has 0 aliphatic carbocycles. The van der Waals surface area contributed by atoms with Crippen molar-refractivity contribution in [2.24, 2.45) is 0 Å². The van der Waals surface area contributed by atoms with Crippen LogP contribution in [0.4, 0.5) is 5.69 Å². The quantitative estimate of drug-likeness (QED) is 0.189. The Kier molecular flexibility index (Phi) is 9.73. The molecule has 206 valence electrons. The molecule has 0 saturated heterocycles. The van der Waals surface area contributed by atoms with E-state index in [9.17, 15) is 39.2 Å². The van der Waals surface area contributed by atoms with Crippen LogP contribution in [0.2, 0.25) is 10.0 Å². The Morgan fingerprint density at radius 1 is 0.750 bits per heavy atom. The van der Waals surface area contributed by atoms with Crippen LogP contribution in [0.25, 0.3) is 0 Å². The number of benzene rings is 3. The third-order valence-electron chi connectivity index (χ3n) is 5.07. The molecule has 3 aromatic carbocycles. The molecule has 3 aromatic rings. The number of nitrogens with zero attached hydrogens (tertiary/aromatic N) is 1. The van der Waals surface area contributed by atoms with Crippen LogP contribution in [0, 0.1) is 10.1 Å². The number of hydrogen-bond donors (Lipinski definition) is 3. The van der Waals surface area contributed by atoms with E-state index in [4.69, 9.17) is 32.7 Å². The molecule has 3 rings (SSSR count). The number of carboxylic acids is 1. The summed E-state index contributed by atoms with van der Waals surface area (Å²) in [6.45, 7) is 0. The van der Waals surface area contributed by atoms with Gasteiger partial charge < -0.3 is 14.6 Å². The number of carboxylic acid groups (broad SMARTS) is 1. The molecule has 0 spiro atoms. The minimum absolute atomic E-state index is 0.0823. The Balaban J connectivity index is 1.86. The van der Waals surface area contributed by atoms with E-state index in [2.05, 4.69) is 0 Å². The lowest BCUT2D eigenvalue weighted by Crippen LogP contribution is -2.54. The summed E-state index contributed by atoms with van der Waals surface area (Å²) in [5.41, 5.74) is 2.96. The Morgan fingerprint density at radius 2 is 1.23 bits per heavy atom. The molecule has 0 aliphatic rings. The standard InChI is InChI=1S/C25H17Cl2N3O10/c26-17-7-3-1-5-15(17)24(35)39-19(20(23(33)34)40-25(36)16-6-2-4-8-18(16)27)22(32)29-28-21(31)13-9-11-14(12-10-13)30(37)38/h1-12,19-20H,(H,28,31)(H,29,32)(H,33,34)/t19-,20-/m1/s1. The van der Waals surface area contributed by atoms with Crippen LogP contribution in [0.15, 0.2) is 72.8 Å². The minimum atomic E-state index is -2.41. The van der Waals surface area contributed by atoms with Crippen molar-refractivity contribution >= 4 is 58.6 Å². The normalized spacial score (nSPS) is 11.8. The van der Waals surface area contributed by atoms with Gasteiger partial charge in [-0.2, -0.15) is 0 Å². The van der Waals surface area contributed by atoms with Gasteiger partial charge in [0.05, 0.1) is 26.1 Å². The first-order valence-corrected chi connectivity index (χ1v) is 11.7. The first-order valence-electron chi connectivity index (χ1n) is 11.0. The second-order valence-corrected chi connectivity index (χ2v) is 8.51. The number of nitro benzene ring substituents is 1. The van der Waals surface area contributed by atoms with Crippen LogP contribution >= 0.6 is 23.2 Å². The fourth-order valence-corrected chi connectivity index (χ4v) is 3.53. The van der Waals surface area contributed by atoms with Gasteiger partial charge in [-0.1, -0.05) is 47.5 Å². The molecule has 40 heavy (non-hydrogen) atoms. The minimum Gasteiger partial charge on any atom is -0.478 e. The highest BCUT2D eigenvalue weighted by molar-refractivity contribution is 6.34. The number of nitrogens with one attached hydrogen (secondary N) is 2. The van der Waals surface area contributed by atoms with Crippen LogP contribution in [0.5, 0.6) is 0 Å². The summed E-state index contributed by atoms with van der Waals surface area (Å²) in [4.78, 5) is 73.0. The van der Waals surface area contributed by atoms with Gasteiger partial charge in [-0.05, 0) is 36.4 Å². The lowest BCUT2D eigenvalue weighted by atomic mass is 10.1. The Bertz CT molecular complexity index is 1480. The van der Waals surface area contributed by atoms with E-state index < -0.39 is 46.9 Å². The predicted molar refractivity (Wildman–Crippen MR) is 138 cm³/mol. The zero-order chi connectivity index (χ0) is 29.4. The van der Waals surface area contributed by atoms with Crippen molar-refractivity contribution in [3.05, 3.63) is 110 Å². The van der Waals surface area contributed by atoms with Gasteiger partial charge in [0.15, 0.2) is 0 Å². The number of halogens is 2. The van der Waals surface area contributed by atoms with Gasteiger partial charge in [-0.3, -0.25) is 30.6 Å². The average Bonchev–Trinajstić information content (AvgIpc) is 2.93. The lowest BCUT2D eigenvalue weighted by molar-refractivity contribution is -0.384. The molecule has 0 aromatic heterocycles. The molecule has 0 unspecified atom stereocenters. The zero-order valence-corrected chi connectivity index (χ0v) is 21.4. The summed E-state index contributed by atoms with van der Waals surface area (Å²) in [6.07, 6.45) is -4.75. The van der Waals surface area contributed by atoms with Crippen molar-refractivity contribution < 1.29 is 43.5 Å². The number of amides is 2. The largest absolute Gasteiger partial charge is 0.478 e. The van der Waals surface area contributed by atoms with E-state index in [1.165, 1.54) is 48.5 Å². The number of rotatable bonds is 9. The summed E-state index contributed by atoms with van der Waals surface area (Å²) in [6, 6.07) is 15.3. The fourth-order valence-electron chi connectivity index (χ4n) is 3.10. The summed E-state index contributed by atoms with van der Waals surface area (Å²) in [5, 5.41) is 20.4. The summed E-state index contributed by atoms with van der Waals surface area (Å²) in [7, 11) is 0. The molecule has 2 amide bonds. The maximum absolute atomic E-state index is 13.0. The van der Waals surface area contributed by atoms with E-state index in [1.807, 2.05) is 10.9 Å². The summed E-state index contributed by atoms with van der Waals surface area (Å²) in [5.74, 6) is -6.74. The molecular formula is C25H17Cl2N3O10. The first kappa shape index (κ1) is 29.5. The van der Waals surface area contributed by atoms with E-state index in [0.29, 0.717) is 0 Å². The predicted octanol–water partition coefficient (Wildman–Crippen LogP) is 3.20. The second kappa shape index (κ2) is 13.2. The van der Waals surface area contributed by atoms with Crippen LogP contribution in [-0.2, 0) is 19.1 Å². The fraction of sp³-hybridized carbons (Fsp3) is 0.0800. The smallest absolute Gasteiger partial charge is 0.349 e. The van der Waals surface area contributed by atoms with Gasteiger partial charge in [-0.15, -0.1) is 0 Å². The number of hydrazine groups is 1. The molecule has 0 bridgehead atoms. The number of ether oxygens (including phenoxy) is 2. The molecule has 2 atom stereocenters. The van der Waals surface area contributed by atoms with Gasteiger partial charge in [0.2, 0.25) is 12.2 Å². The van der Waals surface area contributed by atoms with Crippen molar-refractivity contribution in [1.29, 1.82) is 0 Å². The van der Waals surface area contributed by atoms with E-state index in [1.54, 1.807) is 0 Å². The number of esters is 2. The third kappa shape index (κ3) is 7.30. The number of non-ortho nitro benzene ring substituents is 1. The van der Waals surface area contributed by atoms with E-state index in [-0.39, 0.29) is 32.4 Å².